The standard InChI is InChI=1S/C21H12BrN3O5/c22-14-6-5-12(21-24-15-3-1-2-4-18(15)30-21)7-16(14)23-10-13-8-19-20(29-11-28-19)9-17(13)25(26)27/h1-10H,11H2. The first kappa shape index (κ1) is 18.3. The van der Waals surface area contributed by atoms with Crippen LogP contribution in [0.3, 0.4) is 0 Å². The highest BCUT2D eigenvalue weighted by molar-refractivity contribution is 9.10. The van der Waals surface area contributed by atoms with Crippen LogP contribution in [0.4, 0.5) is 11.4 Å². The summed E-state index contributed by atoms with van der Waals surface area (Å²) >= 11 is 3.47. The van der Waals surface area contributed by atoms with Crippen molar-refractivity contribution >= 4 is 44.6 Å². The maximum Gasteiger partial charge on any atom is 0.282 e. The highest BCUT2D eigenvalue weighted by Crippen LogP contribution is 2.38. The number of nitro benzene ring substituents is 1. The number of benzene rings is 3. The number of hydrogen-bond donors (Lipinski definition) is 0. The molecule has 2 heterocycles. The number of halogens is 1. The molecule has 1 aliphatic rings. The van der Waals surface area contributed by atoms with Crippen LogP contribution in [0.1, 0.15) is 5.56 Å². The second-order valence-electron chi connectivity index (χ2n) is 6.43. The van der Waals surface area contributed by atoms with Crippen LogP contribution < -0.4 is 9.47 Å². The summed E-state index contributed by atoms with van der Waals surface area (Å²) in [6.07, 6.45) is 1.43. The Morgan fingerprint density at radius 1 is 1.10 bits per heavy atom. The number of aromatic nitrogens is 1. The van der Waals surface area contributed by atoms with Gasteiger partial charge in [-0.1, -0.05) is 12.1 Å². The van der Waals surface area contributed by atoms with Crippen LogP contribution in [-0.2, 0) is 0 Å². The average Bonchev–Trinajstić information content (AvgIpc) is 3.38. The average molecular weight is 466 g/mol. The van der Waals surface area contributed by atoms with E-state index in [9.17, 15) is 10.1 Å². The third-order valence-electron chi connectivity index (χ3n) is 4.55. The van der Waals surface area contributed by atoms with Crippen LogP contribution in [0.15, 0.2) is 68.5 Å². The highest BCUT2D eigenvalue weighted by atomic mass is 79.9. The number of nitro groups is 1. The Bertz CT molecular complexity index is 1300. The molecule has 0 fully saturated rings. The summed E-state index contributed by atoms with van der Waals surface area (Å²) in [5.74, 6) is 1.26. The fraction of sp³-hybridized carbons (Fsp3) is 0.0476. The smallest absolute Gasteiger partial charge is 0.282 e. The van der Waals surface area contributed by atoms with Gasteiger partial charge in [0.2, 0.25) is 12.7 Å². The first-order valence-electron chi connectivity index (χ1n) is 8.86. The molecule has 0 atom stereocenters. The second-order valence-corrected chi connectivity index (χ2v) is 7.29. The number of aliphatic imine (C=N–C) groups is 1. The molecule has 0 radical (unpaired) electrons. The summed E-state index contributed by atoms with van der Waals surface area (Å²) in [5.41, 5.74) is 2.95. The zero-order chi connectivity index (χ0) is 20.7. The summed E-state index contributed by atoms with van der Waals surface area (Å²) in [7, 11) is 0. The van der Waals surface area contributed by atoms with E-state index in [1.807, 2.05) is 36.4 Å². The number of ether oxygens (including phenoxy) is 2. The Hall–Kier alpha value is -3.72. The minimum absolute atomic E-state index is 0.0329. The van der Waals surface area contributed by atoms with Crippen LogP contribution >= 0.6 is 15.9 Å². The Balaban J connectivity index is 1.53. The van der Waals surface area contributed by atoms with Crippen molar-refractivity contribution in [1.82, 2.24) is 4.98 Å². The normalized spacial score (nSPS) is 12.7. The maximum absolute atomic E-state index is 11.4. The number of rotatable bonds is 4. The zero-order valence-electron chi connectivity index (χ0n) is 15.2. The molecule has 0 unspecified atom stereocenters. The van der Waals surface area contributed by atoms with E-state index in [1.165, 1.54) is 12.3 Å². The van der Waals surface area contributed by atoms with Gasteiger partial charge < -0.3 is 13.9 Å². The topological polar surface area (TPSA) is 100.0 Å². The lowest BCUT2D eigenvalue weighted by molar-refractivity contribution is -0.385. The van der Waals surface area contributed by atoms with Gasteiger partial charge in [0.15, 0.2) is 17.1 Å². The predicted molar refractivity (Wildman–Crippen MR) is 114 cm³/mol. The molecule has 0 N–H and O–H groups in total. The molecule has 1 aromatic heterocycles. The van der Waals surface area contributed by atoms with Crippen molar-refractivity contribution in [2.24, 2.45) is 4.99 Å². The second kappa shape index (κ2) is 7.27. The first-order chi connectivity index (χ1) is 14.6. The molecule has 30 heavy (non-hydrogen) atoms. The van der Waals surface area contributed by atoms with Crippen LogP contribution in [0, 0.1) is 10.1 Å². The number of nitrogens with zero attached hydrogens (tertiary/aromatic N) is 3. The number of para-hydroxylation sites is 2. The Morgan fingerprint density at radius 3 is 2.70 bits per heavy atom. The maximum atomic E-state index is 11.4. The highest BCUT2D eigenvalue weighted by Gasteiger charge is 2.22. The van der Waals surface area contributed by atoms with E-state index in [4.69, 9.17) is 13.9 Å². The Labute approximate surface area is 178 Å². The molecule has 148 valence electrons. The van der Waals surface area contributed by atoms with Crippen LogP contribution in [0.25, 0.3) is 22.6 Å². The number of fused-ring (bicyclic) bond motifs is 2. The molecule has 0 amide bonds. The van der Waals surface area contributed by atoms with Gasteiger partial charge in [0.05, 0.1) is 22.2 Å². The molecule has 1 aliphatic heterocycles. The van der Waals surface area contributed by atoms with Gasteiger partial charge in [-0.2, -0.15) is 0 Å². The van der Waals surface area contributed by atoms with Crippen molar-refractivity contribution in [3.05, 3.63) is 74.7 Å². The van der Waals surface area contributed by atoms with Gasteiger partial charge in [0, 0.05) is 16.3 Å². The quantitative estimate of drug-likeness (QED) is 0.219. The SMILES string of the molecule is O=[N+]([O-])c1cc2c(cc1C=Nc1cc(-c3nc4ccccc4o3)ccc1Br)OCO2. The molecule has 0 saturated carbocycles. The van der Waals surface area contributed by atoms with Crippen molar-refractivity contribution in [1.29, 1.82) is 0 Å². The van der Waals surface area contributed by atoms with Gasteiger partial charge in [0.25, 0.3) is 5.69 Å². The van der Waals surface area contributed by atoms with E-state index in [0.29, 0.717) is 34.2 Å². The van der Waals surface area contributed by atoms with Crippen molar-refractivity contribution in [3.63, 3.8) is 0 Å². The van der Waals surface area contributed by atoms with Gasteiger partial charge in [-0.25, -0.2) is 4.98 Å². The van der Waals surface area contributed by atoms with E-state index < -0.39 is 4.92 Å². The first-order valence-corrected chi connectivity index (χ1v) is 9.65. The van der Waals surface area contributed by atoms with Crippen LogP contribution in [-0.4, -0.2) is 22.9 Å². The molecular formula is C21H12BrN3O5. The molecule has 3 aromatic carbocycles. The molecule has 0 bridgehead atoms. The molecule has 0 spiro atoms. The van der Waals surface area contributed by atoms with E-state index in [-0.39, 0.29) is 12.5 Å². The Kier molecular flexibility index (Phi) is 4.44. The molecule has 0 aliphatic carbocycles. The lowest BCUT2D eigenvalue weighted by Crippen LogP contribution is -1.95. The zero-order valence-corrected chi connectivity index (χ0v) is 16.8. The summed E-state index contributed by atoms with van der Waals surface area (Å²) in [6, 6.07) is 15.9. The van der Waals surface area contributed by atoms with Gasteiger partial charge in [-0.3, -0.25) is 15.1 Å². The van der Waals surface area contributed by atoms with E-state index in [2.05, 4.69) is 25.9 Å². The van der Waals surface area contributed by atoms with Gasteiger partial charge in [-0.05, 0) is 52.3 Å². The molecule has 9 heteroatoms. The molecule has 5 rings (SSSR count). The minimum atomic E-state index is -0.479. The molecule has 0 saturated heterocycles. The lowest BCUT2D eigenvalue weighted by atomic mass is 10.1. The van der Waals surface area contributed by atoms with Crippen molar-refractivity contribution < 1.29 is 18.8 Å². The van der Waals surface area contributed by atoms with Gasteiger partial charge >= 0.3 is 0 Å². The van der Waals surface area contributed by atoms with Crippen molar-refractivity contribution in [2.45, 2.75) is 0 Å². The van der Waals surface area contributed by atoms with Gasteiger partial charge in [0.1, 0.15) is 5.52 Å². The summed E-state index contributed by atoms with van der Waals surface area (Å²) in [4.78, 5) is 19.9. The lowest BCUT2D eigenvalue weighted by Gasteiger charge is -2.03. The van der Waals surface area contributed by atoms with E-state index in [1.54, 1.807) is 12.1 Å². The summed E-state index contributed by atoms with van der Waals surface area (Å²) < 4.78 is 17.1. The minimum Gasteiger partial charge on any atom is -0.454 e. The third kappa shape index (κ3) is 3.29. The van der Waals surface area contributed by atoms with E-state index >= 15 is 0 Å². The fourth-order valence-corrected chi connectivity index (χ4v) is 3.44. The van der Waals surface area contributed by atoms with Crippen LogP contribution in [0.5, 0.6) is 11.5 Å². The monoisotopic (exact) mass is 465 g/mol. The molecule has 4 aromatic rings. The third-order valence-corrected chi connectivity index (χ3v) is 5.22. The summed E-state index contributed by atoms with van der Waals surface area (Å²) in [6.45, 7) is 0.0329. The van der Waals surface area contributed by atoms with Gasteiger partial charge in [-0.15, -0.1) is 0 Å². The molecule has 8 nitrogen and oxygen atoms in total. The Morgan fingerprint density at radius 2 is 1.90 bits per heavy atom. The number of hydrogen-bond acceptors (Lipinski definition) is 7. The van der Waals surface area contributed by atoms with Crippen molar-refractivity contribution in [2.75, 3.05) is 6.79 Å². The predicted octanol–water partition coefficient (Wildman–Crippen LogP) is 5.64. The largest absolute Gasteiger partial charge is 0.454 e. The number of oxazole rings is 1. The van der Waals surface area contributed by atoms with Crippen molar-refractivity contribution in [3.8, 4) is 23.0 Å². The van der Waals surface area contributed by atoms with E-state index in [0.717, 1.165) is 15.6 Å². The summed E-state index contributed by atoms with van der Waals surface area (Å²) in [5, 5.41) is 11.4. The fourth-order valence-electron chi connectivity index (χ4n) is 3.09. The molecular weight excluding hydrogens is 454 g/mol. The van der Waals surface area contributed by atoms with Crippen LogP contribution in [0.2, 0.25) is 0 Å².